The molecule has 0 bridgehead atoms. The fraction of sp³-hybridized carbons (Fsp3) is 1.00. The molecule has 3 unspecified atom stereocenters. The summed E-state index contributed by atoms with van der Waals surface area (Å²) in [5.41, 5.74) is 0. The average Bonchev–Trinajstić information content (AvgIpc) is 2.67. The normalized spacial score (nSPS) is 26.4. The van der Waals surface area contributed by atoms with Crippen LogP contribution in [0.4, 0.5) is 0 Å². The summed E-state index contributed by atoms with van der Waals surface area (Å²) < 4.78 is 10.8. The van der Waals surface area contributed by atoms with Crippen LogP contribution in [-0.2, 0) is 9.47 Å². The quantitative estimate of drug-likeness (QED) is 0.713. The van der Waals surface area contributed by atoms with Gasteiger partial charge in [0.25, 0.3) is 0 Å². The van der Waals surface area contributed by atoms with Gasteiger partial charge in [-0.3, -0.25) is 0 Å². The van der Waals surface area contributed by atoms with Crippen LogP contribution in [0, 0.1) is 0 Å². The molecule has 1 aliphatic heterocycles. The molecule has 3 atom stereocenters. The molecule has 0 aromatic rings. The Kier molecular flexibility index (Phi) is 5.45. The summed E-state index contributed by atoms with van der Waals surface area (Å²) in [6, 6.07) is 0. The summed E-state index contributed by atoms with van der Waals surface area (Å²) >= 11 is 0. The molecule has 14 heavy (non-hydrogen) atoms. The van der Waals surface area contributed by atoms with Gasteiger partial charge in [-0.1, -0.05) is 0 Å². The Balaban J connectivity index is 2.09. The molecule has 0 spiro atoms. The lowest BCUT2D eigenvalue weighted by atomic mass is 10.0. The second-order valence-electron chi connectivity index (χ2n) is 3.94. The molecule has 1 N–H and O–H groups in total. The van der Waals surface area contributed by atoms with Gasteiger partial charge in [0.05, 0.1) is 18.3 Å². The SMILES string of the molecule is CCOC(C)C(O)CCC1CCCO1. The minimum absolute atomic E-state index is 0.0543. The molecule has 1 aliphatic rings. The minimum atomic E-state index is -0.348. The summed E-state index contributed by atoms with van der Waals surface area (Å²) in [4.78, 5) is 0. The summed E-state index contributed by atoms with van der Waals surface area (Å²) in [5.74, 6) is 0. The van der Waals surface area contributed by atoms with Crippen molar-refractivity contribution in [2.75, 3.05) is 13.2 Å². The predicted molar refractivity (Wildman–Crippen MR) is 55.3 cm³/mol. The molecule has 3 nitrogen and oxygen atoms in total. The van der Waals surface area contributed by atoms with Crippen LogP contribution in [0.3, 0.4) is 0 Å². The monoisotopic (exact) mass is 202 g/mol. The third-order valence-corrected chi connectivity index (χ3v) is 2.78. The van der Waals surface area contributed by atoms with Crippen LogP contribution >= 0.6 is 0 Å². The molecular formula is C11H22O3. The first-order valence-corrected chi connectivity index (χ1v) is 5.65. The smallest absolute Gasteiger partial charge is 0.0805 e. The van der Waals surface area contributed by atoms with Crippen LogP contribution in [0.15, 0.2) is 0 Å². The number of rotatable bonds is 6. The molecule has 84 valence electrons. The first-order valence-electron chi connectivity index (χ1n) is 5.65. The van der Waals surface area contributed by atoms with Crippen molar-refractivity contribution in [1.82, 2.24) is 0 Å². The molecule has 1 rings (SSSR count). The van der Waals surface area contributed by atoms with Crippen molar-refractivity contribution in [3.8, 4) is 0 Å². The van der Waals surface area contributed by atoms with Crippen molar-refractivity contribution in [3.05, 3.63) is 0 Å². The Morgan fingerprint density at radius 3 is 2.93 bits per heavy atom. The summed E-state index contributed by atoms with van der Waals surface area (Å²) in [7, 11) is 0. The van der Waals surface area contributed by atoms with Gasteiger partial charge in [0.1, 0.15) is 0 Å². The second kappa shape index (κ2) is 6.38. The third-order valence-electron chi connectivity index (χ3n) is 2.78. The van der Waals surface area contributed by atoms with Gasteiger partial charge in [-0.05, 0) is 39.5 Å². The van der Waals surface area contributed by atoms with Gasteiger partial charge in [0.2, 0.25) is 0 Å². The standard InChI is InChI=1S/C11H22O3/c1-3-13-9(2)11(12)7-6-10-5-4-8-14-10/h9-12H,3-8H2,1-2H3. The van der Waals surface area contributed by atoms with E-state index in [0.717, 1.165) is 25.9 Å². The highest BCUT2D eigenvalue weighted by Crippen LogP contribution is 2.18. The van der Waals surface area contributed by atoms with Crippen LogP contribution in [-0.4, -0.2) is 36.6 Å². The fourth-order valence-corrected chi connectivity index (χ4v) is 1.84. The van der Waals surface area contributed by atoms with Crippen molar-refractivity contribution in [2.24, 2.45) is 0 Å². The first kappa shape index (κ1) is 12.0. The highest BCUT2D eigenvalue weighted by Gasteiger charge is 2.19. The lowest BCUT2D eigenvalue weighted by molar-refractivity contribution is -0.0310. The second-order valence-corrected chi connectivity index (χ2v) is 3.94. The Bertz CT molecular complexity index is 143. The number of aliphatic hydroxyl groups excluding tert-OH is 1. The number of hydrogen-bond donors (Lipinski definition) is 1. The maximum Gasteiger partial charge on any atom is 0.0805 e. The van der Waals surface area contributed by atoms with Gasteiger partial charge < -0.3 is 14.6 Å². The van der Waals surface area contributed by atoms with E-state index in [0.29, 0.717) is 12.7 Å². The average molecular weight is 202 g/mol. The van der Waals surface area contributed by atoms with Crippen LogP contribution in [0.5, 0.6) is 0 Å². The highest BCUT2D eigenvalue weighted by molar-refractivity contribution is 4.70. The Labute approximate surface area is 86.4 Å². The van der Waals surface area contributed by atoms with Gasteiger partial charge in [-0.25, -0.2) is 0 Å². The predicted octanol–water partition coefficient (Wildman–Crippen LogP) is 1.73. The van der Waals surface area contributed by atoms with E-state index in [9.17, 15) is 5.11 Å². The molecule has 3 heteroatoms. The maximum absolute atomic E-state index is 9.73. The highest BCUT2D eigenvalue weighted by atomic mass is 16.5. The number of aliphatic hydroxyl groups is 1. The van der Waals surface area contributed by atoms with Gasteiger partial charge in [-0.15, -0.1) is 0 Å². The van der Waals surface area contributed by atoms with Gasteiger partial charge in [0, 0.05) is 13.2 Å². The lowest BCUT2D eigenvalue weighted by Crippen LogP contribution is -2.27. The Hall–Kier alpha value is -0.120. The van der Waals surface area contributed by atoms with E-state index in [2.05, 4.69) is 0 Å². The van der Waals surface area contributed by atoms with E-state index < -0.39 is 0 Å². The van der Waals surface area contributed by atoms with Crippen molar-refractivity contribution < 1.29 is 14.6 Å². The zero-order valence-corrected chi connectivity index (χ0v) is 9.24. The summed E-state index contributed by atoms with van der Waals surface area (Å²) in [5, 5.41) is 9.73. The molecule has 1 saturated heterocycles. The van der Waals surface area contributed by atoms with E-state index in [4.69, 9.17) is 9.47 Å². The first-order chi connectivity index (χ1) is 6.74. The summed E-state index contributed by atoms with van der Waals surface area (Å²) in [6.45, 7) is 5.42. The largest absolute Gasteiger partial charge is 0.390 e. The van der Waals surface area contributed by atoms with Crippen LogP contribution in [0.2, 0.25) is 0 Å². The number of ether oxygens (including phenoxy) is 2. The summed E-state index contributed by atoms with van der Waals surface area (Å²) in [6.07, 6.45) is 4.03. The molecule has 0 radical (unpaired) electrons. The fourth-order valence-electron chi connectivity index (χ4n) is 1.84. The van der Waals surface area contributed by atoms with Crippen molar-refractivity contribution in [2.45, 2.75) is 57.8 Å². The third kappa shape index (κ3) is 3.95. The van der Waals surface area contributed by atoms with E-state index in [1.54, 1.807) is 0 Å². The molecule has 0 aromatic heterocycles. The van der Waals surface area contributed by atoms with Crippen molar-refractivity contribution in [1.29, 1.82) is 0 Å². The molecular weight excluding hydrogens is 180 g/mol. The molecule has 1 fully saturated rings. The Morgan fingerprint density at radius 1 is 1.57 bits per heavy atom. The van der Waals surface area contributed by atoms with E-state index in [-0.39, 0.29) is 12.2 Å². The van der Waals surface area contributed by atoms with Crippen LogP contribution < -0.4 is 0 Å². The van der Waals surface area contributed by atoms with E-state index in [1.165, 1.54) is 6.42 Å². The topological polar surface area (TPSA) is 38.7 Å². The molecule has 0 amide bonds. The van der Waals surface area contributed by atoms with Gasteiger partial charge in [0.15, 0.2) is 0 Å². The lowest BCUT2D eigenvalue weighted by Gasteiger charge is -2.19. The van der Waals surface area contributed by atoms with Crippen molar-refractivity contribution >= 4 is 0 Å². The van der Waals surface area contributed by atoms with Gasteiger partial charge >= 0.3 is 0 Å². The minimum Gasteiger partial charge on any atom is -0.390 e. The molecule has 0 saturated carbocycles. The maximum atomic E-state index is 9.73. The van der Waals surface area contributed by atoms with E-state index >= 15 is 0 Å². The number of hydrogen-bond acceptors (Lipinski definition) is 3. The van der Waals surface area contributed by atoms with Crippen LogP contribution in [0.1, 0.15) is 39.5 Å². The van der Waals surface area contributed by atoms with Crippen molar-refractivity contribution in [3.63, 3.8) is 0 Å². The Morgan fingerprint density at radius 2 is 2.36 bits per heavy atom. The zero-order chi connectivity index (χ0) is 10.4. The zero-order valence-electron chi connectivity index (χ0n) is 9.24. The molecule has 1 heterocycles. The van der Waals surface area contributed by atoms with E-state index in [1.807, 2.05) is 13.8 Å². The molecule has 0 aliphatic carbocycles. The van der Waals surface area contributed by atoms with Gasteiger partial charge in [-0.2, -0.15) is 0 Å². The molecule has 0 aromatic carbocycles. The van der Waals surface area contributed by atoms with Crippen LogP contribution in [0.25, 0.3) is 0 Å².